The smallest absolute Gasteiger partial charge is 0.241 e. The second-order valence-corrected chi connectivity index (χ2v) is 3.22. The summed E-state index contributed by atoms with van der Waals surface area (Å²) in [5.41, 5.74) is 5.54. The Kier molecular flexibility index (Phi) is 4.06. The van der Waals surface area contributed by atoms with Crippen LogP contribution in [-0.2, 0) is 11.3 Å². The van der Waals surface area contributed by atoms with Crippen LogP contribution in [-0.4, -0.2) is 33.5 Å². The highest BCUT2D eigenvalue weighted by atomic mass is 16.2. The lowest BCUT2D eigenvalue weighted by atomic mass is 10.2. The standard InChI is InChI=1S/C8H15N5O/c1-7(9)2-3-10-8(14)6-13-5-4-11-12-13/h4-5,7H,2-3,6,9H2,1H3,(H,10,14). The second kappa shape index (κ2) is 5.33. The Bertz CT molecular complexity index is 269. The maximum atomic E-state index is 11.3. The van der Waals surface area contributed by atoms with Gasteiger partial charge >= 0.3 is 0 Å². The summed E-state index contributed by atoms with van der Waals surface area (Å²) in [6.07, 6.45) is 3.96. The van der Waals surface area contributed by atoms with Crippen molar-refractivity contribution in [3.63, 3.8) is 0 Å². The molecule has 0 aromatic carbocycles. The van der Waals surface area contributed by atoms with E-state index in [1.807, 2.05) is 6.92 Å². The minimum atomic E-state index is -0.0730. The maximum absolute atomic E-state index is 11.3. The van der Waals surface area contributed by atoms with Crippen molar-refractivity contribution < 1.29 is 4.79 Å². The number of aromatic nitrogens is 3. The predicted molar refractivity (Wildman–Crippen MR) is 51.3 cm³/mol. The van der Waals surface area contributed by atoms with Gasteiger partial charge in [-0.3, -0.25) is 4.79 Å². The summed E-state index contributed by atoms with van der Waals surface area (Å²) in [4.78, 5) is 11.3. The lowest BCUT2D eigenvalue weighted by Gasteiger charge is -2.06. The van der Waals surface area contributed by atoms with Gasteiger partial charge in [-0.1, -0.05) is 5.21 Å². The lowest BCUT2D eigenvalue weighted by Crippen LogP contribution is -2.31. The van der Waals surface area contributed by atoms with Gasteiger partial charge < -0.3 is 11.1 Å². The third kappa shape index (κ3) is 3.99. The first-order chi connectivity index (χ1) is 6.68. The Balaban J connectivity index is 2.17. The highest BCUT2D eigenvalue weighted by molar-refractivity contribution is 5.75. The van der Waals surface area contributed by atoms with E-state index in [2.05, 4.69) is 15.6 Å². The number of nitrogens with one attached hydrogen (secondary N) is 1. The molecule has 1 unspecified atom stereocenters. The molecule has 0 aliphatic rings. The quantitative estimate of drug-likeness (QED) is 0.642. The van der Waals surface area contributed by atoms with E-state index in [1.165, 1.54) is 10.9 Å². The van der Waals surface area contributed by atoms with Gasteiger partial charge in [0.1, 0.15) is 6.54 Å². The van der Waals surface area contributed by atoms with Gasteiger partial charge in [0.05, 0.1) is 6.20 Å². The van der Waals surface area contributed by atoms with Gasteiger partial charge in [0.25, 0.3) is 0 Å². The van der Waals surface area contributed by atoms with Gasteiger partial charge in [0.2, 0.25) is 5.91 Å². The molecule has 1 amide bonds. The van der Waals surface area contributed by atoms with Gasteiger partial charge in [-0.15, -0.1) is 5.10 Å². The molecule has 1 aromatic heterocycles. The van der Waals surface area contributed by atoms with Crippen molar-refractivity contribution in [2.75, 3.05) is 6.54 Å². The molecule has 1 atom stereocenters. The van der Waals surface area contributed by atoms with Crippen molar-refractivity contribution in [3.8, 4) is 0 Å². The molecule has 1 heterocycles. The van der Waals surface area contributed by atoms with E-state index < -0.39 is 0 Å². The van der Waals surface area contributed by atoms with Gasteiger partial charge in [-0.25, -0.2) is 4.68 Å². The van der Waals surface area contributed by atoms with Crippen LogP contribution in [0, 0.1) is 0 Å². The predicted octanol–water partition coefficient (Wildman–Crippen LogP) is -0.868. The van der Waals surface area contributed by atoms with Crippen LogP contribution < -0.4 is 11.1 Å². The number of nitrogens with zero attached hydrogens (tertiary/aromatic N) is 3. The van der Waals surface area contributed by atoms with Crippen LogP contribution in [0.5, 0.6) is 0 Å². The number of hydrogen-bond donors (Lipinski definition) is 2. The fraction of sp³-hybridized carbons (Fsp3) is 0.625. The van der Waals surface area contributed by atoms with Crippen molar-refractivity contribution in [3.05, 3.63) is 12.4 Å². The SMILES string of the molecule is CC(N)CCNC(=O)Cn1ccnn1. The monoisotopic (exact) mass is 197 g/mol. The van der Waals surface area contributed by atoms with Crippen LogP contribution in [0.3, 0.4) is 0 Å². The van der Waals surface area contributed by atoms with Crippen LogP contribution in [0.15, 0.2) is 12.4 Å². The van der Waals surface area contributed by atoms with E-state index in [1.54, 1.807) is 6.20 Å². The maximum Gasteiger partial charge on any atom is 0.241 e. The zero-order chi connectivity index (χ0) is 10.4. The average molecular weight is 197 g/mol. The number of amides is 1. The summed E-state index contributed by atoms with van der Waals surface area (Å²) in [6, 6.07) is 0.113. The van der Waals surface area contributed by atoms with E-state index >= 15 is 0 Å². The Labute approximate surface area is 82.5 Å². The molecule has 78 valence electrons. The van der Waals surface area contributed by atoms with E-state index in [4.69, 9.17) is 5.73 Å². The van der Waals surface area contributed by atoms with Crippen LogP contribution in [0.4, 0.5) is 0 Å². The molecule has 0 bridgehead atoms. The molecule has 0 spiro atoms. The first kappa shape index (κ1) is 10.6. The molecular formula is C8H15N5O. The van der Waals surface area contributed by atoms with Crippen LogP contribution in [0.1, 0.15) is 13.3 Å². The molecule has 0 radical (unpaired) electrons. The fourth-order valence-corrected chi connectivity index (χ4v) is 0.959. The van der Waals surface area contributed by atoms with E-state index in [-0.39, 0.29) is 18.5 Å². The normalized spacial score (nSPS) is 12.4. The first-order valence-electron chi connectivity index (χ1n) is 4.55. The molecule has 6 nitrogen and oxygen atoms in total. The highest BCUT2D eigenvalue weighted by Gasteiger charge is 2.02. The largest absolute Gasteiger partial charge is 0.354 e. The fourth-order valence-electron chi connectivity index (χ4n) is 0.959. The Morgan fingerprint density at radius 3 is 3.07 bits per heavy atom. The average Bonchev–Trinajstić information content (AvgIpc) is 2.56. The molecule has 0 aliphatic carbocycles. The number of carbonyl (C=O) groups excluding carboxylic acids is 1. The van der Waals surface area contributed by atoms with Crippen molar-refractivity contribution in [2.45, 2.75) is 25.9 Å². The molecule has 14 heavy (non-hydrogen) atoms. The zero-order valence-electron chi connectivity index (χ0n) is 8.18. The summed E-state index contributed by atoms with van der Waals surface area (Å²) >= 11 is 0. The van der Waals surface area contributed by atoms with Crippen LogP contribution in [0.2, 0.25) is 0 Å². The van der Waals surface area contributed by atoms with Crippen LogP contribution in [0.25, 0.3) is 0 Å². The van der Waals surface area contributed by atoms with Crippen molar-refractivity contribution in [1.82, 2.24) is 20.3 Å². The first-order valence-corrected chi connectivity index (χ1v) is 4.55. The number of carbonyl (C=O) groups is 1. The molecule has 0 saturated carbocycles. The number of rotatable bonds is 5. The summed E-state index contributed by atoms with van der Waals surface area (Å²) in [5, 5.41) is 10.0. The van der Waals surface area contributed by atoms with E-state index in [9.17, 15) is 4.79 Å². The van der Waals surface area contributed by atoms with Gasteiger partial charge in [-0.2, -0.15) is 0 Å². The third-order valence-corrected chi connectivity index (χ3v) is 1.70. The number of nitrogens with two attached hydrogens (primary N) is 1. The Morgan fingerprint density at radius 1 is 1.71 bits per heavy atom. The van der Waals surface area contributed by atoms with Crippen molar-refractivity contribution >= 4 is 5.91 Å². The van der Waals surface area contributed by atoms with Crippen molar-refractivity contribution in [2.24, 2.45) is 5.73 Å². The van der Waals surface area contributed by atoms with E-state index in [0.29, 0.717) is 6.54 Å². The molecule has 3 N–H and O–H groups in total. The molecule has 0 fully saturated rings. The highest BCUT2D eigenvalue weighted by Crippen LogP contribution is 1.84. The summed E-state index contributed by atoms with van der Waals surface area (Å²) in [6.45, 7) is 2.72. The minimum Gasteiger partial charge on any atom is -0.354 e. The molecule has 0 aliphatic heterocycles. The molecule has 1 aromatic rings. The third-order valence-electron chi connectivity index (χ3n) is 1.70. The Morgan fingerprint density at radius 2 is 2.50 bits per heavy atom. The molecule has 6 heteroatoms. The lowest BCUT2D eigenvalue weighted by molar-refractivity contribution is -0.121. The van der Waals surface area contributed by atoms with E-state index in [0.717, 1.165) is 6.42 Å². The van der Waals surface area contributed by atoms with Crippen LogP contribution >= 0.6 is 0 Å². The zero-order valence-corrected chi connectivity index (χ0v) is 8.18. The van der Waals surface area contributed by atoms with Crippen molar-refractivity contribution in [1.29, 1.82) is 0 Å². The Hall–Kier alpha value is -1.43. The summed E-state index contributed by atoms with van der Waals surface area (Å²) in [7, 11) is 0. The van der Waals surface area contributed by atoms with Gasteiger partial charge in [0.15, 0.2) is 0 Å². The molecule has 0 saturated heterocycles. The minimum absolute atomic E-state index is 0.0730. The second-order valence-electron chi connectivity index (χ2n) is 3.22. The van der Waals surface area contributed by atoms with Gasteiger partial charge in [-0.05, 0) is 13.3 Å². The summed E-state index contributed by atoms with van der Waals surface area (Å²) in [5.74, 6) is -0.0730. The summed E-state index contributed by atoms with van der Waals surface area (Å²) < 4.78 is 1.47. The molecular weight excluding hydrogens is 182 g/mol. The topological polar surface area (TPSA) is 85.8 Å². The van der Waals surface area contributed by atoms with Gasteiger partial charge in [0, 0.05) is 18.8 Å². The molecule has 1 rings (SSSR count). The number of hydrogen-bond acceptors (Lipinski definition) is 4.